The van der Waals surface area contributed by atoms with Crippen molar-refractivity contribution in [3.63, 3.8) is 0 Å². The summed E-state index contributed by atoms with van der Waals surface area (Å²) in [6.07, 6.45) is 0. The third-order valence-corrected chi connectivity index (χ3v) is 3.44. The summed E-state index contributed by atoms with van der Waals surface area (Å²) in [5.41, 5.74) is 6.18. The normalized spacial score (nSPS) is 10.7. The molecule has 0 fully saturated rings. The summed E-state index contributed by atoms with van der Waals surface area (Å²) in [5, 5.41) is 12.4. The van der Waals surface area contributed by atoms with Gasteiger partial charge in [-0.3, -0.25) is 0 Å². The molecule has 0 radical (unpaired) electrons. The fraction of sp³-hybridized carbons (Fsp3) is 0.294. The van der Waals surface area contributed by atoms with E-state index in [0.29, 0.717) is 0 Å². The van der Waals surface area contributed by atoms with Gasteiger partial charge in [0, 0.05) is 13.1 Å². The van der Waals surface area contributed by atoms with E-state index in [1.54, 1.807) is 0 Å². The van der Waals surface area contributed by atoms with Crippen LogP contribution in [0.5, 0.6) is 0 Å². The van der Waals surface area contributed by atoms with E-state index in [-0.39, 0.29) is 6.61 Å². The first kappa shape index (κ1) is 13.8. The van der Waals surface area contributed by atoms with E-state index in [0.717, 1.165) is 18.7 Å². The average molecular weight is 255 g/mol. The van der Waals surface area contributed by atoms with E-state index in [1.165, 1.54) is 22.3 Å². The summed E-state index contributed by atoms with van der Waals surface area (Å²) in [6.45, 7) is 6.11. The summed E-state index contributed by atoms with van der Waals surface area (Å²) in [4.78, 5) is 0. The first-order valence-electron chi connectivity index (χ1n) is 6.64. The molecule has 0 amide bonds. The van der Waals surface area contributed by atoms with Crippen LogP contribution in [0.3, 0.4) is 0 Å². The molecule has 100 valence electrons. The quantitative estimate of drug-likeness (QED) is 0.860. The molecule has 0 spiro atoms. The Labute approximate surface area is 115 Å². The van der Waals surface area contributed by atoms with Crippen molar-refractivity contribution in [1.82, 2.24) is 5.32 Å². The van der Waals surface area contributed by atoms with Crippen molar-refractivity contribution in [2.45, 2.75) is 33.5 Å². The molecule has 0 aliphatic heterocycles. The van der Waals surface area contributed by atoms with Gasteiger partial charge in [-0.25, -0.2) is 0 Å². The lowest BCUT2D eigenvalue weighted by molar-refractivity contribution is 0.282. The van der Waals surface area contributed by atoms with E-state index < -0.39 is 0 Å². The molecule has 0 unspecified atom stereocenters. The molecule has 2 N–H and O–H groups in total. The maximum absolute atomic E-state index is 8.99. The second-order valence-corrected chi connectivity index (χ2v) is 5.00. The minimum atomic E-state index is 0.107. The van der Waals surface area contributed by atoms with Crippen LogP contribution >= 0.6 is 0 Å². The molecule has 19 heavy (non-hydrogen) atoms. The monoisotopic (exact) mass is 255 g/mol. The summed E-state index contributed by atoms with van der Waals surface area (Å²) in [5.74, 6) is 0. The van der Waals surface area contributed by atoms with Crippen LogP contribution in [0.1, 0.15) is 27.8 Å². The highest BCUT2D eigenvalue weighted by Crippen LogP contribution is 2.10. The number of aryl methyl sites for hydroxylation is 2. The maximum atomic E-state index is 8.99. The van der Waals surface area contributed by atoms with E-state index in [1.807, 2.05) is 12.1 Å². The van der Waals surface area contributed by atoms with E-state index >= 15 is 0 Å². The Kier molecular flexibility index (Phi) is 4.72. The van der Waals surface area contributed by atoms with Crippen molar-refractivity contribution in [1.29, 1.82) is 0 Å². The van der Waals surface area contributed by atoms with Gasteiger partial charge in [-0.1, -0.05) is 42.5 Å². The minimum Gasteiger partial charge on any atom is -0.392 e. The Morgan fingerprint density at radius 3 is 2.00 bits per heavy atom. The van der Waals surface area contributed by atoms with Gasteiger partial charge in [-0.15, -0.1) is 0 Å². The first-order chi connectivity index (χ1) is 9.19. The molecule has 0 saturated carbocycles. The Morgan fingerprint density at radius 2 is 1.37 bits per heavy atom. The van der Waals surface area contributed by atoms with Crippen LogP contribution in [0.4, 0.5) is 0 Å². The maximum Gasteiger partial charge on any atom is 0.0681 e. The van der Waals surface area contributed by atoms with Crippen molar-refractivity contribution < 1.29 is 5.11 Å². The third kappa shape index (κ3) is 3.91. The van der Waals surface area contributed by atoms with Crippen LogP contribution in [0.15, 0.2) is 42.5 Å². The Bertz CT molecular complexity index is 531. The highest BCUT2D eigenvalue weighted by Gasteiger charge is 1.97. The fourth-order valence-corrected chi connectivity index (χ4v) is 2.03. The van der Waals surface area contributed by atoms with Gasteiger partial charge in [0.15, 0.2) is 0 Å². The SMILES string of the molecule is Cc1ccc(CNCc2ccc(CO)cc2)cc1C. The number of aliphatic hydroxyl groups is 1. The van der Waals surface area contributed by atoms with E-state index in [4.69, 9.17) is 5.11 Å². The molecular weight excluding hydrogens is 234 g/mol. The highest BCUT2D eigenvalue weighted by atomic mass is 16.3. The van der Waals surface area contributed by atoms with Crippen molar-refractivity contribution in [2.24, 2.45) is 0 Å². The first-order valence-corrected chi connectivity index (χ1v) is 6.64. The zero-order valence-electron chi connectivity index (χ0n) is 11.6. The number of nitrogens with one attached hydrogen (secondary N) is 1. The molecule has 0 heterocycles. The zero-order chi connectivity index (χ0) is 13.7. The Morgan fingerprint density at radius 1 is 0.789 bits per heavy atom. The lowest BCUT2D eigenvalue weighted by Gasteiger charge is -2.08. The van der Waals surface area contributed by atoms with Gasteiger partial charge in [0.1, 0.15) is 0 Å². The summed E-state index contributed by atoms with van der Waals surface area (Å²) in [7, 11) is 0. The van der Waals surface area contributed by atoms with Gasteiger partial charge < -0.3 is 10.4 Å². The standard InChI is InChI=1S/C17H21NO/c1-13-3-4-17(9-14(13)2)11-18-10-15-5-7-16(12-19)8-6-15/h3-9,18-19H,10-12H2,1-2H3. The van der Waals surface area contributed by atoms with Crippen molar-refractivity contribution >= 4 is 0 Å². The van der Waals surface area contributed by atoms with Crippen LogP contribution in [-0.4, -0.2) is 5.11 Å². The molecule has 0 aromatic heterocycles. The lowest BCUT2D eigenvalue weighted by Crippen LogP contribution is -2.12. The van der Waals surface area contributed by atoms with Crippen LogP contribution < -0.4 is 5.32 Å². The molecule has 0 saturated heterocycles. The molecule has 0 atom stereocenters. The molecule has 2 aromatic carbocycles. The van der Waals surface area contributed by atoms with Crippen LogP contribution in [0, 0.1) is 13.8 Å². The number of hydrogen-bond acceptors (Lipinski definition) is 2. The second kappa shape index (κ2) is 6.50. The number of hydrogen-bond donors (Lipinski definition) is 2. The van der Waals surface area contributed by atoms with E-state index in [9.17, 15) is 0 Å². The van der Waals surface area contributed by atoms with Crippen molar-refractivity contribution in [3.8, 4) is 0 Å². The third-order valence-electron chi connectivity index (χ3n) is 3.44. The fourth-order valence-electron chi connectivity index (χ4n) is 2.03. The summed E-state index contributed by atoms with van der Waals surface area (Å²) >= 11 is 0. The van der Waals surface area contributed by atoms with Gasteiger partial charge in [-0.2, -0.15) is 0 Å². The van der Waals surface area contributed by atoms with Gasteiger partial charge in [0.25, 0.3) is 0 Å². The van der Waals surface area contributed by atoms with E-state index in [2.05, 4.69) is 49.5 Å². The van der Waals surface area contributed by atoms with Crippen molar-refractivity contribution in [2.75, 3.05) is 0 Å². The highest BCUT2D eigenvalue weighted by molar-refractivity contribution is 5.30. The molecule has 2 rings (SSSR count). The molecule has 2 aromatic rings. The number of aliphatic hydroxyl groups excluding tert-OH is 1. The molecule has 0 aliphatic carbocycles. The van der Waals surface area contributed by atoms with Crippen LogP contribution in [-0.2, 0) is 19.7 Å². The summed E-state index contributed by atoms with van der Waals surface area (Å²) in [6, 6.07) is 14.6. The Balaban J connectivity index is 1.86. The number of benzene rings is 2. The average Bonchev–Trinajstić information content (AvgIpc) is 2.43. The molecule has 0 aliphatic rings. The predicted molar refractivity (Wildman–Crippen MR) is 78.8 cm³/mol. The van der Waals surface area contributed by atoms with Gasteiger partial charge in [0.05, 0.1) is 6.61 Å². The van der Waals surface area contributed by atoms with Gasteiger partial charge in [0.2, 0.25) is 0 Å². The van der Waals surface area contributed by atoms with Gasteiger partial charge in [-0.05, 0) is 41.7 Å². The molecule has 0 bridgehead atoms. The second-order valence-electron chi connectivity index (χ2n) is 5.00. The minimum absolute atomic E-state index is 0.107. The zero-order valence-corrected chi connectivity index (χ0v) is 11.6. The largest absolute Gasteiger partial charge is 0.392 e. The Hall–Kier alpha value is -1.64. The van der Waals surface area contributed by atoms with Crippen molar-refractivity contribution in [3.05, 3.63) is 70.3 Å². The summed E-state index contributed by atoms with van der Waals surface area (Å²) < 4.78 is 0. The lowest BCUT2D eigenvalue weighted by atomic mass is 10.1. The molecule has 2 heteroatoms. The molecular formula is C17H21NO. The predicted octanol–water partition coefficient (Wildman–Crippen LogP) is 3.09. The van der Waals surface area contributed by atoms with Gasteiger partial charge >= 0.3 is 0 Å². The topological polar surface area (TPSA) is 32.3 Å². The number of rotatable bonds is 5. The smallest absolute Gasteiger partial charge is 0.0681 e. The molecule has 2 nitrogen and oxygen atoms in total. The van der Waals surface area contributed by atoms with Crippen LogP contribution in [0.25, 0.3) is 0 Å². The van der Waals surface area contributed by atoms with Crippen LogP contribution in [0.2, 0.25) is 0 Å².